The van der Waals surface area contributed by atoms with Crippen LogP contribution in [-0.2, 0) is 27.6 Å². The summed E-state index contributed by atoms with van der Waals surface area (Å²) in [5, 5.41) is 9.43. The number of amides is 3. The van der Waals surface area contributed by atoms with Crippen LogP contribution in [0.3, 0.4) is 0 Å². The number of fused-ring (bicyclic) bond motifs is 1. The van der Waals surface area contributed by atoms with Crippen molar-refractivity contribution in [3.63, 3.8) is 0 Å². The third kappa shape index (κ3) is 11.4. The van der Waals surface area contributed by atoms with Crippen molar-refractivity contribution >= 4 is 51.6 Å². The summed E-state index contributed by atoms with van der Waals surface area (Å²) in [6, 6.07) is 12.2. The molecule has 3 aliphatic heterocycles. The van der Waals surface area contributed by atoms with E-state index >= 15 is 0 Å². The Balaban J connectivity index is 0.781. The van der Waals surface area contributed by atoms with Gasteiger partial charge in [-0.1, -0.05) is 31.4 Å². The first-order chi connectivity index (χ1) is 30.2. The Morgan fingerprint density at radius 1 is 0.873 bits per heavy atom. The van der Waals surface area contributed by atoms with Gasteiger partial charge in [0.2, 0.25) is 17.7 Å². The Morgan fingerprint density at radius 2 is 1.52 bits per heavy atom. The SMILES string of the molecule is CC(Nc1ncnc2c1cc(N1CCN(CCCCCCCN3CCN(C(=O)CNc4ccc(C5CCC(=O)NC5=O)cc4)CC3)CC1)c(=O)n2C)c1cc(N)cc(C(F)(F)F)c1. The highest BCUT2D eigenvalue weighted by Gasteiger charge is 2.32. The molecule has 3 saturated heterocycles. The second-order valence-electron chi connectivity index (χ2n) is 16.9. The molecule has 0 bridgehead atoms. The zero-order chi connectivity index (χ0) is 44.7. The lowest BCUT2D eigenvalue weighted by molar-refractivity contribution is -0.138. The molecular weight excluding hydrogens is 816 g/mol. The number of piperidine rings is 1. The molecule has 4 aromatic rings. The number of hydrogen-bond donors (Lipinski definition) is 4. The lowest BCUT2D eigenvalue weighted by Gasteiger charge is -2.36. The Labute approximate surface area is 365 Å². The fourth-order valence-corrected chi connectivity index (χ4v) is 8.74. The number of anilines is 4. The molecule has 3 amide bonds. The van der Waals surface area contributed by atoms with Crippen LogP contribution in [0, 0.1) is 0 Å². The van der Waals surface area contributed by atoms with E-state index in [9.17, 15) is 32.3 Å². The molecule has 338 valence electrons. The molecule has 2 aromatic heterocycles. The Bertz CT molecular complexity index is 2310. The number of carbonyl (C=O) groups excluding carboxylic acids is 3. The number of nitrogens with two attached hydrogens (primary N) is 1. The van der Waals surface area contributed by atoms with Gasteiger partial charge in [-0.2, -0.15) is 13.2 Å². The van der Waals surface area contributed by atoms with Gasteiger partial charge in [-0.15, -0.1) is 0 Å². The number of pyridine rings is 1. The highest BCUT2D eigenvalue weighted by Crippen LogP contribution is 2.34. The maximum absolute atomic E-state index is 13.5. The molecule has 2 unspecified atom stereocenters. The average molecular weight is 874 g/mol. The van der Waals surface area contributed by atoms with Crippen LogP contribution in [0.5, 0.6) is 0 Å². The zero-order valence-corrected chi connectivity index (χ0v) is 36.1. The number of unbranched alkanes of at least 4 members (excludes halogenated alkanes) is 4. The molecule has 3 fully saturated rings. The number of piperazine rings is 2. The van der Waals surface area contributed by atoms with E-state index in [1.165, 1.54) is 23.4 Å². The molecule has 0 radical (unpaired) electrons. The highest BCUT2D eigenvalue weighted by atomic mass is 19.4. The molecule has 15 nitrogen and oxygen atoms in total. The van der Waals surface area contributed by atoms with Crippen molar-refractivity contribution in [2.24, 2.45) is 7.05 Å². The topological polar surface area (TPSA) is 174 Å². The van der Waals surface area contributed by atoms with Crippen LogP contribution in [0.15, 0.2) is 59.7 Å². The minimum absolute atomic E-state index is 0.0152. The number of nitrogens with one attached hydrogen (secondary N) is 3. The fraction of sp³-hybridized carbons (Fsp3) is 0.511. The summed E-state index contributed by atoms with van der Waals surface area (Å²) in [7, 11) is 1.67. The van der Waals surface area contributed by atoms with Crippen LogP contribution in [0.1, 0.15) is 80.5 Å². The molecule has 2 atom stereocenters. The van der Waals surface area contributed by atoms with E-state index in [2.05, 4.69) is 40.6 Å². The Hall–Kier alpha value is -5.75. The van der Waals surface area contributed by atoms with Gasteiger partial charge in [0.25, 0.3) is 5.56 Å². The maximum Gasteiger partial charge on any atom is 0.416 e. The Morgan fingerprint density at radius 3 is 2.17 bits per heavy atom. The minimum atomic E-state index is -4.53. The summed E-state index contributed by atoms with van der Waals surface area (Å²) in [6.07, 6.45) is 3.38. The van der Waals surface area contributed by atoms with Crippen LogP contribution in [0.4, 0.5) is 36.1 Å². The first-order valence-corrected chi connectivity index (χ1v) is 22.0. The van der Waals surface area contributed by atoms with Crippen LogP contribution in [0.2, 0.25) is 0 Å². The van der Waals surface area contributed by atoms with Crippen LogP contribution in [0.25, 0.3) is 11.0 Å². The standard InChI is InChI=1S/C45H58F3N11O4/c1-30(32-24-33(45(46,47)48)26-34(49)25-32)53-41-37-27-38(44(63)55(2)42(37)52-29-51-41)58-20-16-56(17-21-58)14-6-4-3-5-7-15-57-18-22-59(23-19-57)40(61)28-50-35-10-8-31(9-11-35)36-12-13-39(60)54-43(36)62/h8-11,24-27,29-30,36,50H,3-7,12-23,28,49H2,1-2H3,(H,51,52,53)(H,54,60,62). The molecule has 18 heteroatoms. The van der Waals surface area contributed by atoms with E-state index in [0.717, 1.165) is 88.3 Å². The molecule has 2 aromatic carbocycles. The van der Waals surface area contributed by atoms with Crippen LogP contribution >= 0.6 is 0 Å². The summed E-state index contributed by atoms with van der Waals surface area (Å²) in [6.45, 7) is 10.2. The van der Waals surface area contributed by atoms with Crippen molar-refractivity contribution in [2.45, 2.75) is 70.0 Å². The quantitative estimate of drug-likeness (QED) is 0.0679. The number of alkyl halides is 3. The zero-order valence-electron chi connectivity index (χ0n) is 36.1. The van der Waals surface area contributed by atoms with Crippen molar-refractivity contribution in [1.29, 1.82) is 0 Å². The van der Waals surface area contributed by atoms with Gasteiger partial charge >= 0.3 is 6.18 Å². The van der Waals surface area contributed by atoms with E-state index in [-0.39, 0.29) is 41.4 Å². The number of benzene rings is 2. The number of aromatic nitrogens is 3. The summed E-state index contributed by atoms with van der Waals surface area (Å²) in [4.78, 5) is 67.7. The van der Waals surface area contributed by atoms with E-state index in [1.54, 1.807) is 20.0 Å². The second kappa shape index (κ2) is 20.2. The molecule has 5 heterocycles. The molecule has 0 spiro atoms. The molecule has 5 N–H and O–H groups in total. The largest absolute Gasteiger partial charge is 0.416 e. The minimum Gasteiger partial charge on any atom is -0.399 e. The normalized spacial score (nSPS) is 18.4. The van der Waals surface area contributed by atoms with Gasteiger partial charge in [-0.05, 0) is 86.8 Å². The summed E-state index contributed by atoms with van der Waals surface area (Å²) in [5.41, 5.74) is 7.84. The van der Waals surface area contributed by atoms with Crippen LogP contribution in [-0.4, -0.2) is 119 Å². The number of hydrogen-bond acceptors (Lipinski definition) is 12. The first-order valence-electron chi connectivity index (χ1n) is 22.0. The summed E-state index contributed by atoms with van der Waals surface area (Å²) in [5.74, 6) is -0.338. The lowest BCUT2D eigenvalue weighted by atomic mass is 9.90. The van der Waals surface area contributed by atoms with Gasteiger partial charge in [-0.25, -0.2) is 9.97 Å². The van der Waals surface area contributed by atoms with E-state index in [1.807, 2.05) is 29.2 Å². The average Bonchev–Trinajstić information content (AvgIpc) is 3.27. The van der Waals surface area contributed by atoms with Crippen molar-refractivity contribution in [3.8, 4) is 0 Å². The molecule has 3 aliphatic rings. The van der Waals surface area contributed by atoms with Gasteiger partial charge in [0, 0.05) is 77.2 Å². The predicted octanol–water partition coefficient (Wildman–Crippen LogP) is 4.95. The van der Waals surface area contributed by atoms with Gasteiger partial charge in [0.15, 0.2) is 0 Å². The smallest absolute Gasteiger partial charge is 0.399 e. The predicted molar refractivity (Wildman–Crippen MR) is 237 cm³/mol. The number of nitrogens with zero attached hydrogens (tertiary/aromatic N) is 7. The van der Waals surface area contributed by atoms with E-state index in [4.69, 9.17) is 5.73 Å². The maximum atomic E-state index is 13.5. The lowest BCUT2D eigenvalue weighted by Crippen LogP contribution is -2.50. The van der Waals surface area contributed by atoms with Gasteiger partial charge in [0.1, 0.15) is 23.5 Å². The third-order valence-corrected chi connectivity index (χ3v) is 12.5. The fourth-order valence-electron chi connectivity index (χ4n) is 8.74. The van der Waals surface area contributed by atoms with Crippen molar-refractivity contribution in [3.05, 3.63) is 81.9 Å². The van der Waals surface area contributed by atoms with Gasteiger partial charge in [-0.3, -0.25) is 38.9 Å². The number of imide groups is 1. The van der Waals surface area contributed by atoms with E-state index < -0.39 is 17.8 Å². The first kappa shape index (κ1) is 45.3. The second-order valence-corrected chi connectivity index (χ2v) is 16.9. The summed E-state index contributed by atoms with van der Waals surface area (Å²) >= 11 is 0. The Kier molecular flexibility index (Phi) is 14.5. The number of nitrogen functional groups attached to an aromatic ring is 1. The highest BCUT2D eigenvalue weighted by molar-refractivity contribution is 6.01. The van der Waals surface area contributed by atoms with Crippen molar-refractivity contribution in [1.82, 2.24) is 34.6 Å². The number of aryl methyl sites for hydroxylation is 1. The van der Waals surface area contributed by atoms with Gasteiger partial charge in [0.05, 0.1) is 29.5 Å². The third-order valence-electron chi connectivity index (χ3n) is 12.5. The number of rotatable bonds is 16. The van der Waals surface area contributed by atoms with E-state index in [0.29, 0.717) is 67.1 Å². The van der Waals surface area contributed by atoms with Crippen LogP contribution < -0.4 is 32.1 Å². The number of carbonyl (C=O) groups is 3. The molecular formula is C45H58F3N11O4. The monoisotopic (exact) mass is 873 g/mol. The van der Waals surface area contributed by atoms with Crippen molar-refractivity contribution in [2.75, 3.05) is 93.3 Å². The number of halogens is 3. The molecule has 0 aliphatic carbocycles. The van der Waals surface area contributed by atoms with Gasteiger partial charge < -0.3 is 26.2 Å². The summed E-state index contributed by atoms with van der Waals surface area (Å²) < 4.78 is 42.0. The molecule has 0 saturated carbocycles. The molecule has 7 rings (SSSR count). The molecule has 63 heavy (non-hydrogen) atoms. The van der Waals surface area contributed by atoms with Crippen molar-refractivity contribution < 1.29 is 27.6 Å².